The highest BCUT2D eigenvalue weighted by Gasteiger charge is 2.32. The van der Waals surface area contributed by atoms with Crippen LogP contribution in [0.3, 0.4) is 0 Å². The number of hydrogen-bond donors (Lipinski definition) is 2. The van der Waals surface area contributed by atoms with Crippen LogP contribution in [0.15, 0.2) is 33.5 Å². The molecular formula is C27H31ClN4O6. The number of aromatic nitrogens is 1. The van der Waals surface area contributed by atoms with Crippen LogP contribution >= 0.6 is 11.6 Å². The fourth-order valence-electron chi connectivity index (χ4n) is 4.30. The van der Waals surface area contributed by atoms with E-state index in [2.05, 4.69) is 10.4 Å². The molecule has 10 nitrogen and oxygen atoms in total. The number of nitrogens with zero attached hydrogens (tertiary/aromatic N) is 2. The van der Waals surface area contributed by atoms with Gasteiger partial charge in [-0.2, -0.15) is 0 Å². The van der Waals surface area contributed by atoms with Gasteiger partial charge in [0.25, 0.3) is 11.8 Å². The number of rotatable bonds is 4. The summed E-state index contributed by atoms with van der Waals surface area (Å²) in [4.78, 5) is 58.5. The zero-order chi connectivity index (χ0) is 27.8. The number of ether oxygens (including phenoxy) is 1. The topological polar surface area (TPSA) is 125 Å². The normalized spacial score (nSPS) is 13.6. The Morgan fingerprint density at radius 1 is 1.16 bits per heavy atom. The minimum absolute atomic E-state index is 0.167. The second kappa shape index (κ2) is 10.5. The van der Waals surface area contributed by atoms with Gasteiger partial charge in [0.2, 0.25) is 5.43 Å². The molecule has 0 aliphatic carbocycles. The minimum atomic E-state index is -0.901. The van der Waals surface area contributed by atoms with Gasteiger partial charge in [-0.25, -0.2) is 15.2 Å². The fraction of sp³-hybridized carbons (Fsp3) is 0.407. The molecule has 0 saturated carbocycles. The van der Waals surface area contributed by atoms with E-state index < -0.39 is 34.5 Å². The molecule has 11 heteroatoms. The SMILES string of the molecule is Cc1cc(CN(NC(=O)OC(C)(C)C)C(=O)c2c(C(=O)N3CCCC3)[nH]c3cc(Cl)ccc3c2=O)oc1C. The van der Waals surface area contributed by atoms with E-state index in [0.717, 1.165) is 23.4 Å². The molecule has 0 radical (unpaired) electrons. The van der Waals surface area contributed by atoms with Gasteiger partial charge in [-0.1, -0.05) is 11.6 Å². The van der Waals surface area contributed by atoms with E-state index in [-0.39, 0.29) is 17.6 Å². The maximum Gasteiger partial charge on any atom is 0.426 e. The highest BCUT2D eigenvalue weighted by atomic mass is 35.5. The number of aryl methyl sites for hydroxylation is 2. The van der Waals surface area contributed by atoms with Gasteiger partial charge in [0.15, 0.2) is 0 Å². The van der Waals surface area contributed by atoms with E-state index >= 15 is 0 Å². The second-order valence-corrected chi connectivity index (χ2v) is 10.8. The Kier molecular flexibility index (Phi) is 7.55. The molecule has 38 heavy (non-hydrogen) atoms. The lowest BCUT2D eigenvalue weighted by Crippen LogP contribution is -2.49. The summed E-state index contributed by atoms with van der Waals surface area (Å²) < 4.78 is 11.1. The quantitative estimate of drug-likeness (QED) is 0.460. The number of carbonyl (C=O) groups excluding carboxylic acids is 3. The average Bonchev–Trinajstić information content (AvgIpc) is 3.46. The first-order valence-corrected chi connectivity index (χ1v) is 12.7. The number of carbonyl (C=O) groups is 3. The Morgan fingerprint density at radius 3 is 2.45 bits per heavy atom. The van der Waals surface area contributed by atoms with Crippen LogP contribution in [-0.4, -0.2) is 51.5 Å². The van der Waals surface area contributed by atoms with Gasteiger partial charge < -0.3 is 19.0 Å². The number of likely N-dealkylation sites (tertiary alicyclic amines) is 1. The van der Waals surface area contributed by atoms with Crippen LogP contribution in [-0.2, 0) is 11.3 Å². The number of nitrogens with one attached hydrogen (secondary N) is 2. The number of furan rings is 1. The van der Waals surface area contributed by atoms with Crippen molar-refractivity contribution in [3.63, 3.8) is 0 Å². The van der Waals surface area contributed by atoms with Crippen molar-refractivity contribution in [2.75, 3.05) is 13.1 Å². The third-order valence-electron chi connectivity index (χ3n) is 6.19. The van der Waals surface area contributed by atoms with E-state index in [9.17, 15) is 19.2 Å². The third-order valence-corrected chi connectivity index (χ3v) is 6.42. The predicted molar refractivity (Wildman–Crippen MR) is 142 cm³/mol. The molecular weight excluding hydrogens is 512 g/mol. The van der Waals surface area contributed by atoms with E-state index in [1.165, 1.54) is 18.2 Å². The predicted octanol–water partition coefficient (Wildman–Crippen LogP) is 4.71. The molecule has 0 unspecified atom stereocenters. The molecule has 2 aromatic heterocycles. The Balaban J connectivity index is 1.83. The van der Waals surface area contributed by atoms with Crippen LogP contribution in [0.4, 0.5) is 4.79 Å². The number of pyridine rings is 1. The van der Waals surface area contributed by atoms with E-state index in [1.54, 1.807) is 38.7 Å². The zero-order valence-electron chi connectivity index (χ0n) is 22.1. The molecule has 202 valence electrons. The summed E-state index contributed by atoms with van der Waals surface area (Å²) in [5.41, 5.74) is 1.55. The van der Waals surface area contributed by atoms with Crippen molar-refractivity contribution in [2.24, 2.45) is 0 Å². The van der Waals surface area contributed by atoms with Crippen molar-refractivity contribution in [3.8, 4) is 0 Å². The first kappa shape index (κ1) is 27.3. The number of aromatic amines is 1. The van der Waals surface area contributed by atoms with E-state index in [0.29, 0.717) is 35.1 Å². The molecule has 3 amide bonds. The van der Waals surface area contributed by atoms with Gasteiger partial charge in [0, 0.05) is 23.5 Å². The van der Waals surface area contributed by atoms with Gasteiger partial charge >= 0.3 is 6.09 Å². The lowest BCUT2D eigenvalue weighted by Gasteiger charge is -2.26. The third kappa shape index (κ3) is 5.85. The van der Waals surface area contributed by atoms with E-state index in [4.69, 9.17) is 20.8 Å². The van der Waals surface area contributed by atoms with Crippen LogP contribution in [0.2, 0.25) is 5.02 Å². The monoisotopic (exact) mass is 542 g/mol. The van der Waals surface area contributed by atoms with Crippen LogP contribution in [0.5, 0.6) is 0 Å². The molecule has 0 atom stereocenters. The summed E-state index contributed by atoms with van der Waals surface area (Å²) in [5.74, 6) is -0.342. The maximum absolute atomic E-state index is 14.0. The standard InChI is InChI=1S/C27H31ClN4O6/c1-15-12-18(37-16(15)2)14-32(30-26(36)38-27(3,4)5)24(34)21-22(25(35)31-10-6-7-11-31)29-20-13-17(28)8-9-19(20)23(21)33/h8-9,12-13H,6-7,10-11,14H2,1-5H3,(H,29,33)(H,30,36). The summed E-state index contributed by atoms with van der Waals surface area (Å²) in [6.45, 7) is 9.49. The molecule has 0 bridgehead atoms. The Hall–Kier alpha value is -3.79. The van der Waals surface area contributed by atoms with Gasteiger partial charge in [-0.05, 0) is 77.3 Å². The number of benzene rings is 1. The highest BCUT2D eigenvalue weighted by Crippen LogP contribution is 2.22. The van der Waals surface area contributed by atoms with Crippen LogP contribution in [0.25, 0.3) is 10.9 Å². The van der Waals surface area contributed by atoms with Crippen LogP contribution in [0.1, 0.15) is 71.5 Å². The molecule has 4 rings (SSSR count). The molecule has 3 aromatic rings. The zero-order valence-corrected chi connectivity index (χ0v) is 22.8. The number of halogens is 1. The van der Waals surface area contributed by atoms with Gasteiger partial charge in [0.05, 0.1) is 5.52 Å². The minimum Gasteiger partial charge on any atom is -0.464 e. The molecule has 2 N–H and O–H groups in total. The summed E-state index contributed by atoms with van der Waals surface area (Å²) >= 11 is 6.13. The lowest BCUT2D eigenvalue weighted by atomic mass is 10.1. The largest absolute Gasteiger partial charge is 0.464 e. The first-order chi connectivity index (χ1) is 17.8. The molecule has 0 spiro atoms. The molecule has 1 aromatic carbocycles. The number of fused-ring (bicyclic) bond motifs is 1. The Labute approximate surface area is 224 Å². The smallest absolute Gasteiger partial charge is 0.426 e. The molecule has 3 heterocycles. The molecule has 1 aliphatic heterocycles. The Bertz CT molecular complexity index is 1440. The van der Waals surface area contributed by atoms with Crippen molar-refractivity contribution in [1.29, 1.82) is 0 Å². The highest BCUT2D eigenvalue weighted by molar-refractivity contribution is 6.31. The summed E-state index contributed by atoms with van der Waals surface area (Å²) in [6, 6.07) is 6.27. The summed E-state index contributed by atoms with van der Waals surface area (Å²) in [5, 5.41) is 1.47. The fourth-order valence-corrected chi connectivity index (χ4v) is 4.47. The number of amides is 3. The Morgan fingerprint density at radius 2 is 1.84 bits per heavy atom. The second-order valence-electron chi connectivity index (χ2n) is 10.4. The van der Waals surface area contributed by atoms with Crippen molar-refractivity contribution in [1.82, 2.24) is 20.3 Å². The van der Waals surface area contributed by atoms with Gasteiger partial charge in [-0.15, -0.1) is 0 Å². The van der Waals surface area contributed by atoms with Crippen molar-refractivity contribution >= 4 is 40.4 Å². The van der Waals surface area contributed by atoms with Crippen molar-refractivity contribution in [3.05, 3.63) is 67.9 Å². The summed E-state index contributed by atoms with van der Waals surface area (Å²) in [7, 11) is 0. The van der Waals surface area contributed by atoms with E-state index in [1.807, 2.05) is 6.92 Å². The number of hydrogen-bond acceptors (Lipinski definition) is 6. The van der Waals surface area contributed by atoms with Gasteiger partial charge in [-0.3, -0.25) is 14.4 Å². The maximum atomic E-state index is 14.0. The average molecular weight is 543 g/mol. The molecule has 1 fully saturated rings. The van der Waals surface area contributed by atoms with Crippen LogP contribution in [0, 0.1) is 13.8 Å². The first-order valence-electron chi connectivity index (χ1n) is 12.4. The van der Waals surface area contributed by atoms with Crippen LogP contribution < -0.4 is 10.9 Å². The summed E-state index contributed by atoms with van der Waals surface area (Å²) in [6.07, 6.45) is 0.743. The van der Waals surface area contributed by atoms with Crippen molar-refractivity contribution in [2.45, 2.75) is 59.6 Å². The lowest BCUT2D eigenvalue weighted by molar-refractivity contribution is 0.0270. The van der Waals surface area contributed by atoms with Gasteiger partial charge in [0.1, 0.15) is 34.9 Å². The molecule has 1 saturated heterocycles. The number of H-pyrrole nitrogens is 1. The van der Waals surface area contributed by atoms with Crippen molar-refractivity contribution < 1.29 is 23.5 Å². The molecule has 1 aliphatic rings. The number of hydrazine groups is 1.